The number of amides is 2. The van der Waals surface area contributed by atoms with Gasteiger partial charge in [0.25, 0.3) is 0 Å². The number of halogens is 1. The number of hydrogen-bond donors (Lipinski definition) is 2. The Hall–Kier alpha value is -1.91. The molecule has 1 aromatic rings. The van der Waals surface area contributed by atoms with E-state index < -0.39 is 0 Å². The van der Waals surface area contributed by atoms with Gasteiger partial charge in [0.2, 0.25) is 11.8 Å². The normalized spacial score (nSPS) is 15.3. The van der Waals surface area contributed by atoms with Gasteiger partial charge in [0.05, 0.1) is 6.42 Å². The number of carbonyl (C=O) groups is 2. The van der Waals surface area contributed by atoms with Crippen molar-refractivity contribution in [3.63, 3.8) is 0 Å². The number of nitrogens with one attached hydrogen (secondary N) is 2. The summed E-state index contributed by atoms with van der Waals surface area (Å²) >= 11 is 0. The van der Waals surface area contributed by atoms with E-state index in [9.17, 15) is 14.0 Å². The van der Waals surface area contributed by atoms with E-state index in [2.05, 4.69) is 10.9 Å². The Morgan fingerprint density at radius 1 is 1.00 bits per heavy atom. The summed E-state index contributed by atoms with van der Waals surface area (Å²) in [5, 5.41) is 0. The second kappa shape index (κ2) is 8.51. The zero-order chi connectivity index (χ0) is 15.8. The lowest BCUT2D eigenvalue weighted by Crippen LogP contribution is -2.42. The van der Waals surface area contributed by atoms with Crippen LogP contribution in [0.3, 0.4) is 0 Å². The van der Waals surface area contributed by atoms with E-state index in [0.29, 0.717) is 17.9 Å². The van der Waals surface area contributed by atoms with Gasteiger partial charge in [-0.25, -0.2) is 4.39 Å². The van der Waals surface area contributed by atoms with E-state index in [4.69, 9.17) is 0 Å². The largest absolute Gasteiger partial charge is 0.273 e. The first-order chi connectivity index (χ1) is 10.6. The Labute approximate surface area is 130 Å². The number of hydrazine groups is 1. The summed E-state index contributed by atoms with van der Waals surface area (Å²) in [7, 11) is 0. The Morgan fingerprint density at radius 3 is 2.32 bits per heavy atom. The molecule has 5 heteroatoms. The first kappa shape index (κ1) is 16.5. The monoisotopic (exact) mass is 306 g/mol. The van der Waals surface area contributed by atoms with Crippen LogP contribution in [-0.4, -0.2) is 11.8 Å². The molecular formula is C17H23FN2O2. The predicted molar refractivity (Wildman–Crippen MR) is 82.2 cm³/mol. The molecule has 0 aliphatic heterocycles. The molecule has 4 nitrogen and oxygen atoms in total. The van der Waals surface area contributed by atoms with E-state index in [0.717, 1.165) is 6.42 Å². The Kier molecular flexibility index (Phi) is 6.37. The fraction of sp³-hybridized carbons (Fsp3) is 0.529. The highest BCUT2D eigenvalue weighted by atomic mass is 19.1. The minimum atomic E-state index is -0.333. The molecule has 0 bridgehead atoms. The van der Waals surface area contributed by atoms with Crippen LogP contribution in [0.4, 0.5) is 4.39 Å². The highest BCUT2D eigenvalue weighted by molar-refractivity contribution is 5.83. The van der Waals surface area contributed by atoms with Crippen molar-refractivity contribution in [2.75, 3.05) is 0 Å². The van der Waals surface area contributed by atoms with Crippen molar-refractivity contribution in [1.82, 2.24) is 10.9 Å². The van der Waals surface area contributed by atoms with Crippen molar-refractivity contribution in [3.8, 4) is 0 Å². The maximum Gasteiger partial charge on any atom is 0.242 e. The molecule has 0 heterocycles. The summed E-state index contributed by atoms with van der Waals surface area (Å²) in [6.45, 7) is 0. The molecule has 0 unspecified atom stereocenters. The fourth-order valence-corrected chi connectivity index (χ4v) is 2.84. The van der Waals surface area contributed by atoms with Crippen LogP contribution >= 0.6 is 0 Å². The van der Waals surface area contributed by atoms with E-state index in [1.807, 2.05) is 0 Å². The van der Waals surface area contributed by atoms with Crippen molar-refractivity contribution >= 4 is 11.8 Å². The van der Waals surface area contributed by atoms with Gasteiger partial charge in [-0.15, -0.1) is 0 Å². The standard InChI is InChI=1S/C17H23FN2O2/c18-15-9-6-14(7-10-15)12-17(22)20-19-16(21)11-8-13-4-2-1-3-5-13/h6-7,9-10,13H,1-5,8,11-12H2,(H,19,21)(H,20,22). The van der Waals surface area contributed by atoms with Gasteiger partial charge < -0.3 is 0 Å². The smallest absolute Gasteiger partial charge is 0.242 e. The molecule has 0 saturated heterocycles. The van der Waals surface area contributed by atoms with Gasteiger partial charge in [0.1, 0.15) is 5.82 Å². The Morgan fingerprint density at radius 2 is 1.64 bits per heavy atom. The quantitative estimate of drug-likeness (QED) is 0.822. The molecule has 1 fully saturated rings. The van der Waals surface area contributed by atoms with Crippen LogP contribution in [0.1, 0.15) is 50.5 Å². The van der Waals surface area contributed by atoms with Gasteiger partial charge >= 0.3 is 0 Å². The lowest BCUT2D eigenvalue weighted by atomic mass is 9.86. The molecule has 0 spiro atoms. The van der Waals surface area contributed by atoms with E-state index in [-0.39, 0.29) is 24.1 Å². The van der Waals surface area contributed by atoms with Gasteiger partial charge in [-0.3, -0.25) is 20.4 Å². The zero-order valence-corrected chi connectivity index (χ0v) is 12.7. The summed E-state index contributed by atoms with van der Waals surface area (Å²) in [6, 6.07) is 5.73. The maximum absolute atomic E-state index is 12.8. The lowest BCUT2D eigenvalue weighted by Gasteiger charge is -2.21. The van der Waals surface area contributed by atoms with E-state index in [1.54, 1.807) is 12.1 Å². The van der Waals surface area contributed by atoms with Crippen molar-refractivity contribution < 1.29 is 14.0 Å². The first-order valence-electron chi connectivity index (χ1n) is 7.95. The molecule has 2 N–H and O–H groups in total. The fourth-order valence-electron chi connectivity index (χ4n) is 2.84. The van der Waals surface area contributed by atoms with Crippen LogP contribution in [0, 0.1) is 11.7 Å². The lowest BCUT2D eigenvalue weighted by molar-refractivity contribution is -0.128. The van der Waals surface area contributed by atoms with Gasteiger partial charge in [0, 0.05) is 6.42 Å². The molecule has 1 aromatic carbocycles. The molecule has 2 amide bonds. The van der Waals surface area contributed by atoms with Crippen LogP contribution in [0.5, 0.6) is 0 Å². The van der Waals surface area contributed by atoms with Crippen molar-refractivity contribution in [2.24, 2.45) is 5.92 Å². The third-order valence-electron chi connectivity index (χ3n) is 4.12. The summed E-state index contributed by atoms with van der Waals surface area (Å²) in [5.74, 6) is -0.148. The second-order valence-electron chi connectivity index (χ2n) is 5.94. The minimum Gasteiger partial charge on any atom is -0.273 e. The molecule has 120 valence electrons. The van der Waals surface area contributed by atoms with Crippen LogP contribution < -0.4 is 10.9 Å². The Balaban J connectivity index is 1.62. The SMILES string of the molecule is O=C(CCC1CCCCC1)NNC(=O)Cc1ccc(F)cc1. The van der Waals surface area contributed by atoms with Crippen LogP contribution in [-0.2, 0) is 16.0 Å². The predicted octanol–water partition coefficient (Wildman–Crippen LogP) is 2.88. The summed E-state index contributed by atoms with van der Waals surface area (Å²) in [6.07, 6.45) is 7.71. The van der Waals surface area contributed by atoms with Crippen LogP contribution in [0.2, 0.25) is 0 Å². The number of carbonyl (C=O) groups excluding carboxylic acids is 2. The molecule has 22 heavy (non-hydrogen) atoms. The number of benzene rings is 1. The van der Waals surface area contributed by atoms with Gasteiger partial charge in [-0.2, -0.15) is 0 Å². The van der Waals surface area contributed by atoms with Gasteiger partial charge in [-0.1, -0.05) is 44.2 Å². The average molecular weight is 306 g/mol. The van der Waals surface area contributed by atoms with Crippen LogP contribution in [0.25, 0.3) is 0 Å². The van der Waals surface area contributed by atoms with E-state index >= 15 is 0 Å². The summed E-state index contributed by atoms with van der Waals surface area (Å²) in [4.78, 5) is 23.4. The molecule has 1 aliphatic carbocycles. The topological polar surface area (TPSA) is 58.2 Å². The van der Waals surface area contributed by atoms with Crippen molar-refractivity contribution in [3.05, 3.63) is 35.6 Å². The number of hydrogen-bond acceptors (Lipinski definition) is 2. The van der Waals surface area contributed by atoms with Gasteiger partial charge in [-0.05, 0) is 30.0 Å². The third kappa shape index (κ3) is 5.84. The molecule has 1 saturated carbocycles. The average Bonchev–Trinajstić information content (AvgIpc) is 2.54. The minimum absolute atomic E-state index is 0.114. The van der Waals surface area contributed by atoms with Crippen molar-refractivity contribution in [1.29, 1.82) is 0 Å². The number of rotatable bonds is 5. The van der Waals surface area contributed by atoms with Gasteiger partial charge in [0.15, 0.2) is 0 Å². The molecule has 0 aromatic heterocycles. The molecule has 2 rings (SSSR count). The van der Waals surface area contributed by atoms with Crippen molar-refractivity contribution in [2.45, 2.75) is 51.4 Å². The van der Waals surface area contributed by atoms with E-state index in [1.165, 1.54) is 44.2 Å². The highest BCUT2D eigenvalue weighted by Gasteiger charge is 2.15. The summed E-state index contributed by atoms with van der Waals surface area (Å²) < 4.78 is 12.8. The zero-order valence-electron chi connectivity index (χ0n) is 12.7. The molecule has 0 atom stereocenters. The summed E-state index contributed by atoms with van der Waals surface area (Å²) in [5.41, 5.74) is 5.55. The Bertz CT molecular complexity index is 496. The van der Waals surface area contributed by atoms with Crippen LogP contribution in [0.15, 0.2) is 24.3 Å². The maximum atomic E-state index is 12.8. The highest BCUT2D eigenvalue weighted by Crippen LogP contribution is 2.27. The molecule has 0 radical (unpaired) electrons. The molecular weight excluding hydrogens is 283 g/mol. The third-order valence-corrected chi connectivity index (χ3v) is 4.12. The second-order valence-corrected chi connectivity index (χ2v) is 5.94. The molecule has 1 aliphatic rings. The first-order valence-corrected chi connectivity index (χ1v) is 7.95.